The largest absolute Gasteiger partial charge is 0.478 e. The second kappa shape index (κ2) is 23.1. The maximum atomic E-state index is 13.7. The minimum Gasteiger partial charge on any atom is -0.478 e. The van der Waals surface area contributed by atoms with Crippen molar-refractivity contribution in [3.05, 3.63) is 58.3 Å². The number of carbonyl (C=O) groups excluding carboxylic acids is 2. The number of ether oxygens (including phenoxy) is 1. The lowest BCUT2D eigenvalue weighted by atomic mass is 10.0. The summed E-state index contributed by atoms with van der Waals surface area (Å²) in [7, 11) is 0. The van der Waals surface area contributed by atoms with Crippen LogP contribution in [0.4, 0.5) is 8.78 Å². The molecule has 1 amide bonds. The summed E-state index contributed by atoms with van der Waals surface area (Å²) in [6.45, 7) is 22.6. The zero-order valence-corrected chi connectivity index (χ0v) is 28.1. The number of nitrogens with one attached hydrogen (secondary N) is 1. The predicted molar refractivity (Wildman–Crippen MR) is 171 cm³/mol. The lowest BCUT2D eigenvalue weighted by Gasteiger charge is -2.38. The fourth-order valence-corrected chi connectivity index (χ4v) is 4.00. The second-order valence-corrected chi connectivity index (χ2v) is 11.4. The number of amides is 1. The minimum atomic E-state index is -0.443. The van der Waals surface area contributed by atoms with Crippen molar-refractivity contribution < 1.29 is 23.1 Å². The Morgan fingerprint density at radius 3 is 2.02 bits per heavy atom. The van der Waals surface area contributed by atoms with Crippen molar-refractivity contribution in [3.63, 3.8) is 0 Å². The number of aryl methyl sites for hydroxylation is 3. The topological polar surface area (TPSA) is 68.3 Å². The third kappa shape index (κ3) is 17.8. The van der Waals surface area contributed by atoms with Crippen molar-refractivity contribution in [1.82, 2.24) is 10.3 Å². The average Bonchev–Trinajstić information content (AvgIpc) is 2.89. The standard InChI is InChI=1S/C13H16FNOS.C10H14FNO.C4H8O.C4H10.C2H6/c1-8-4-10(11(14)5-9(8)2)12(16)15-13(3)6-17-7-13;1-3-5-8-6-10(13-4-2)12-7-9(8)11;1-2-3-4-5;1-4(2)3;1-2/h4-5H,6-7H2,1-3H3,(H,15,16);6-7H,3-5H2,1-2H3;4H,2-3H2,1H3;4H,1-3H3;1-2H3. The highest BCUT2D eigenvalue weighted by Gasteiger charge is 2.34. The molecule has 2 aromatic rings. The van der Waals surface area contributed by atoms with Crippen LogP contribution >= 0.6 is 11.8 Å². The molecule has 1 saturated heterocycles. The molecule has 3 rings (SSSR count). The SMILES string of the molecule is CC.CC(C)C.CCCC=O.CCCc1cc(OCC)ncc1F.Cc1cc(F)c(C(=O)NC2(C)CSC2)cc1C. The zero-order valence-electron chi connectivity index (χ0n) is 27.2. The molecule has 1 aromatic heterocycles. The molecule has 0 spiro atoms. The number of hydrogen-bond donors (Lipinski definition) is 1. The van der Waals surface area contributed by atoms with E-state index in [4.69, 9.17) is 4.74 Å². The molecular weight excluding hydrogens is 542 g/mol. The van der Waals surface area contributed by atoms with Crippen molar-refractivity contribution >= 4 is 24.0 Å². The van der Waals surface area contributed by atoms with Gasteiger partial charge in [-0.05, 0) is 75.3 Å². The van der Waals surface area contributed by atoms with Gasteiger partial charge in [-0.25, -0.2) is 13.8 Å². The smallest absolute Gasteiger partial charge is 0.254 e. The first-order valence-electron chi connectivity index (χ1n) is 14.7. The van der Waals surface area contributed by atoms with Crippen LogP contribution in [0.25, 0.3) is 0 Å². The number of pyridine rings is 1. The molecule has 1 N–H and O–H groups in total. The van der Waals surface area contributed by atoms with Gasteiger partial charge in [-0.1, -0.05) is 54.9 Å². The van der Waals surface area contributed by atoms with Gasteiger partial charge in [0.15, 0.2) is 0 Å². The Bertz CT molecular complexity index is 1010. The normalized spacial score (nSPS) is 12.3. The van der Waals surface area contributed by atoms with Gasteiger partial charge in [0.2, 0.25) is 5.88 Å². The van der Waals surface area contributed by atoms with E-state index in [2.05, 4.69) is 31.1 Å². The van der Waals surface area contributed by atoms with E-state index in [-0.39, 0.29) is 22.8 Å². The second-order valence-electron chi connectivity index (χ2n) is 10.4. The van der Waals surface area contributed by atoms with Crippen LogP contribution in [0, 0.1) is 31.4 Å². The van der Waals surface area contributed by atoms with Crippen LogP contribution in [0.2, 0.25) is 0 Å². The number of carbonyl (C=O) groups is 2. The summed E-state index contributed by atoms with van der Waals surface area (Å²) in [5, 5.41) is 2.90. The number of unbranched alkanes of at least 4 members (excludes halogenated alkanes) is 1. The maximum Gasteiger partial charge on any atom is 0.254 e. The molecular formula is C33H54F2N2O3S. The number of aromatic nitrogens is 1. The number of aldehydes is 1. The van der Waals surface area contributed by atoms with E-state index >= 15 is 0 Å². The molecule has 0 bridgehead atoms. The van der Waals surface area contributed by atoms with Crippen molar-refractivity contribution in [2.45, 2.75) is 107 Å². The van der Waals surface area contributed by atoms with Gasteiger partial charge >= 0.3 is 0 Å². The summed E-state index contributed by atoms with van der Waals surface area (Å²) in [5.41, 5.74) is 2.45. The number of nitrogens with zero attached hydrogens (tertiary/aromatic N) is 1. The quantitative estimate of drug-likeness (QED) is 0.308. The van der Waals surface area contributed by atoms with Crippen LogP contribution < -0.4 is 10.1 Å². The van der Waals surface area contributed by atoms with Gasteiger partial charge in [-0.15, -0.1) is 0 Å². The van der Waals surface area contributed by atoms with E-state index in [0.717, 1.165) is 54.1 Å². The summed E-state index contributed by atoms with van der Waals surface area (Å²) in [4.78, 5) is 25.2. The van der Waals surface area contributed by atoms with Crippen LogP contribution in [-0.2, 0) is 11.2 Å². The zero-order chi connectivity index (χ0) is 32.0. The fraction of sp³-hybridized carbons (Fsp3) is 0.606. The van der Waals surface area contributed by atoms with Crippen LogP contribution in [0.1, 0.15) is 109 Å². The summed E-state index contributed by atoms with van der Waals surface area (Å²) < 4.78 is 32.0. The Labute approximate surface area is 252 Å². The lowest BCUT2D eigenvalue weighted by molar-refractivity contribution is -0.107. The van der Waals surface area contributed by atoms with Gasteiger partial charge < -0.3 is 14.8 Å². The van der Waals surface area contributed by atoms with E-state index < -0.39 is 5.82 Å². The Kier molecular flexibility index (Phi) is 22.9. The molecule has 1 aromatic carbocycles. The molecule has 1 fully saturated rings. The van der Waals surface area contributed by atoms with Gasteiger partial charge in [-0.2, -0.15) is 11.8 Å². The molecule has 2 heterocycles. The highest BCUT2D eigenvalue weighted by Crippen LogP contribution is 2.29. The van der Waals surface area contributed by atoms with E-state index in [1.54, 1.807) is 23.9 Å². The van der Waals surface area contributed by atoms with Gasteiger partial charge in [-0.3, -0.25) is 4.79 Å². The first kappa shape index (κ1) is 40.7. The first-order valence-corrected chi connectivity index (χ1v) is 15.9. The van der Waals surface area contributed by atoms with Crippen LogP contribution in [0.3, 0.4) is 0 Å². The number of thioether (sulfide) groups is 1. The highest BCUT2D eigenvalue weighted by atomic mass is 32.2. The summed E-state index contributed by atoms with van der Waals surface area (Å²) >= 11 is 1.78. The minimum absolute atomic E-state index is 0.145. The Balaban J connectivity index is 0. The van der Waals surface area contributed by atoms with E-state index in [1.165, 1.54) is 12.3 Å². The lowest BCUT2D eigenvalue weighted by Crippen LogP contribution is -2.55. The molecule has 0 atom stereocenters. The Morgan fingerprint density at radius 2 is 1.61 bits per heavy atom. The average molecular weight is 597 g/mol. The van der Waals surface area contributed by atoms with Gasteiger partial charge in [0.05, 0.1) is 23.9 Å². The fourth-order valence-electron chi connectivity index (χ4n) is 3.04. The van der Waals surface area contributed by atoms with Gasteiger partial charge in [0.25, 0.3) is 5.91 Å². The maximum absolute atomic E-state index is 13.7. The number of rotatable bonds is 8. The van der Waals surface area contributed by atoms with Crippen LogP contribution in [0.5, 0.6) is 5.88 Å². The molecule has 0 radical (unpaired) electrons. The van der Waals surface area contributed by atoms with E-state index in [1.807, 2.05) is 55.4 Å². The number of hydrogen-bond acceptors (Lipinski definition) is 5. The van der Waals surface area contributed by atoms with Crippen LogP contribution in [-0.4, -0.2) is 40.8 Å². The first-order chi connectivity index (χ1) is 19.3. The molecule has 41 heavy (non-hydrogen) atoms. The number of halogens is 2. The van der Waals surface area contributed by atoms with Gasteiger partial charge in [0.1, 0.15) is 17.9 Å². The molecule has 8 heteroatoms. The molecule has 0 unspecified atom stereocenters. The molecule has 0 saturated carbocycles. The summed E-state index contributed by atoms with van der Waals surface area (Å²) in [6.07, 6.45) is 5.49. The van der Waals surface area contributed by atoms with E-state index in [9.17, 15) is 18.4 Å². The number of benzene rings is 1. The van der Waals surface area contributed by atoms with Gasteiger partial charge in [0, 0.05) is 24.0 Å². The monoisotopic (exact) mass is 596 g/mol. The van der Waals surface area contributed by atoms with Crippen molar-refractivity contribution in [1.29, 1.82) is 0 Å². The van der Waals surface area contributed by atoms with Crippen molar-refractivity contribution in [3.8, 4) is 5.88 Å². The van der Waals surface area contributed by atoms with Crippen molar-refractivity contribution in [2.75, 3.05) is 18.1 Å². The molecule has 1 aliphatic rings. The Hall–Kier alpha value is -2.48. The third-order valence-electron chi connectivity index (χ3n) is 5.21. The molecule has 234 valence electrons. The van der Waals surface area contributed by atoms with Crippen molar-refractivity contribution in [2.24, 2.45) is 5.92 Å². The molecule has 0 aliphatic carbocycles. The Morgan fingerprint density at radius 1 is 1.05 bits per heavy atom. The van der Waals surface area contributed by atoms with E-state index in [0.29, 0.717) is 24.5 Å². The summed E-state index contributed by atoms with van der Waals surface area (Å²) in [6, 6.07) is 4.71. The third-order valence-corrected chi connectivity index (χ3v) is 6.89. The molecule has 5 nitrogen and oxygen atoms in total. The predicted octanol–water partition coefficient (Wildman–Crippen LogP) is 8.92. The van der Waals surface area contributed by atoms with Crippen LogP contribution in [0.15, 0.2) is 24.4 Å². The molecule has 1 aliphatic heterocycles. The summed E-state index contributed by atoms with van der Waals surface area (Å²) in [5.74, 6) is 2.13. The highest BCUT2D eigenvalue weighted by molar-refractivity contribution is 8.00.